The molecule has 0 aromatic heterocycles. The molecule has 0 saturated carbocycles. The van der Waals surface area contributed by atoms with Crippen LogP contribution in [0.1, 0.15) is 22.8 Å². The molecule has 9 nitrogen and oxygen atoms in total. The lowest BCUT2D eigenvalue weighted by molar-refractivity contribution is -0.384. The van der Waals surface area contributed by atoms with Gasteiger partial charge in [0.05, 0.1) is 16.9 Å². The number of methoxy groups -OCH3 is 1. The standard InChI is InChI=1S/C18H21N3O6S/c1-12(22)13-5-8-18(27-4)14(9-13)11-20(3)28(25,26)15-6-7-16(19-2)17(10-15)21(23)24/h5-10,19H,11H2,1-4H3. The molecule has 0 aliphatic rings. The van der Waals surface area contributed by atoms with Crippen molar-refractivity contribution in [1.82, 2.24) is 4.31 Å². The Morgan fingerprint density at radius 2 is 1.93 bits per heavy atom. The van der Waals surface area contributed by atoms with Gasteiger partial charge in [-0.05, 0) is 37.3 Å². The number of Topliss-reactive ketones (excluding diaryl/α,β-unsaturated/α-hetero) is 1. The van der Waals surface area contributed by atoms with E-state index in [4.69, 9.17) is 4.74 Å². The maximum absolute atomic E-state index is 12.9. The smallest absolute Gasteiger partial charge is 0.293 e. The van der Waals surface area contributed by atoms with E-state index in [2.05, 4.69) is 5.32 Å². The van der Waals surface area contributed by atoms with Crippen LogP contribution in [-0.4, -0.2) is 44.6 Å². The largest absolute Gasteiger partial charge is 0.496 e. The van der Waals surface area contributed by atoms with E-state index in [1.54, 1.807) is 18.2 Å². The van der Waals surface area contributed by atoms with E-state index >= 15 is 0 Å². The molecule has 0 saturated heterocycles. The van der Waals surface area contributed by atoms with Crippen LogP contribution >= 0.6 is 0 Å². The summed E-state index contributed by atoms with van der Waals surface area (Å²) in [6.45, 7) is 1.34. The molecule has 0 bridgehead atoms. The first-order valence-corrected chi connectivity index (χ1v) is 9.66. The molecule has 0 unspecified atom stereocenters. The van der Waals surface area contributed by atoms with Gasteiger partial charge in [-0.15, -0.1) is 0 Å². The van der Waals surface area contributed by atoms with Crippen LogP contribution < -0.4 is 10.1 Å². The molecule has 1 N–H and O–H groups in total. The third-order valence-electron chi connectivity index (χ3n) is 4.22. The van der Waals surface area contributed by atoms with Crippen molar-refractivity contribution >= 4 is 27.2 Å². The number of carbonyl (C=O) groups excluding carboxylic acids is 1. The average Bonchev–Trinajstić information content (AvgIpc) is 2.66. The van der Waals surface area contributed by atoms with Crippen molar-refractivity contribution < 1.29 is 22.9 Å². The second-order valence-electron chi connectivity index (χ2n) is 6.03. The Labute approximate surface area is 163 Å². The van der Waals surface area contributed by atoms with Gasteiger partial charge in [0.2, 0.25) is 10.0 Å². The number of ether oxygens (including phenoxy) is 1. The minimum absolute atomic E-state index is 0.0752. The minimum atomic E-state index is -4.02. The van der Waals surface area contributed by atoms with Crippen LogP contribution in [0.5, 0.6) is 5.75 Å². The normalized spacial score (nSPS) is 11.3. The Kier molecular flexibility index (Phi) is 6.37. The van der Waals surface area contributed by atoms with E-state index in [9.17, 15) is 23.3 Å². The van der Waals surface area contributed by atoms with Gasteiger partial charge >= 0.3 is 0 Å². The van der Waals surface area contributed by atoms with Gasteiger partial charge in [-0.25, -0.2) is 8.42 Å². The van der Waals surface area contributed by atoms with Crippen molar-refractivity contribution in [3.8, 4) is 5.75 Å². The van der Waals surface area contributed by atoms with E-state index < -0.39 is 14.9 Å². The summed E-state index contributed by atoms with van der Waals surface area (Å²) in [6, 6.07) is 8.42. The van der Waals surface area contributed by atoms with Crippen molar-refractivity contribution in [2.75, 3.05) is 26.5 Å². The number of benzene rings is 2. The Hall–Kier alpha value is -2.98. The zero-order valence-electron chi connectivity index (χ0n) is 15.9. The summed E-state index contributed by atoms with van der Waals surface area (Å²) in [6.07, 6.45) is 0. The first-order valence-electron chi connectivity index (χ1n) is 8.22. The second-order valence-corrected chi connectivity index (χ2v) is 8.07. The van der Waals surface area contributed by atoms with E-state index in [-0.39, 0.29) is 28.6 Å². The number of hydrogen-bond acceptors (Lipinski definition) is 7. The number of nitrogens with one attached hydrogen (secondary N) is 1. The number of nitro benzene ring substituents is 1. The molecule has 0 amide bonds. The van der Waals surface area contributed by atoms with Crippen LogP contribution in [-0.2, 0) is 16.6 Å². The van der Waals surface area contributed by atoms with Gasteiger partial charge in [-0.3, -0.25) is 14.9 Å². The molecule has 0 spiro atoms. The van der Waals surface area contributed by atoms with E-state index in [0.29, 0.717) is 16.9 Å². The van der Waals surface area contributed by atoms with Gasteiger partial charge in [0.1, 0.15) is 11.4 Å². The zero-order valence-corrected chi connectivity index (χ0v) is 16.7. The summed E-state index contributed by atoms with van der Waals surface area (Å²) in [4.78, 5) is 22.0. The number of carbonyl (C=O) groups is 1. The summed E-state index contributed by atoms with van der Waals surface area (Å²) in [7, 11) is 0.294. The molecule has 10 heteroatoms. The van der Waals surface area contributed by atoms with E-state index in [0.717, 1.165) is 10.4 Å². The van der Waals surface area contributed by atoms with Crippen LogP contribution in [0.3, 0.4) is 0 Å². The predicted molar refractivity (Wildman–Crippen MR) is 104 cm³/mol. The van der Waals surface area contributed by atoms with Crippen LogP contribution in [0, 0.1) is 10.1 Å². The molecule has 2 aromatic rings. The lowest BCUT2D eigenvalue weighted by Gasteiger charge is -2.19. The Morgan fingerprint density at radius 1 is 1.25 bits per heavy atom. The molecular weight excluding hydrogens is 386 g/mol. The van der Waals surface area contributed by atoms with Gasteiger partial charge in [-0.2, -0.15) is 4.31 Å². The Balaban J connectivity index is 2.42. The maximum atomic E-state index is 12.9. The van der Waals surface area contributed by atoms with Crippen LogP contribution in [0.2, 0.25) is 0 Å². The number of ketones is 1. The van der Waals surface area contributed by atoms with Gasteiger partial charge < -0.3 is 10.1 Å². The van der Waals surface area contributed by atoms with Crippen molar-refractivity contribution in [3.05, 3.63) is 57.6 Å². The molecule has 28 heavy (non-hydrogen) atoms. The van der Waals surface area contributed by atoms with Crippen molar-refractivity contribution in [2.24, 2.45) is 0 Å². The van der Waals surface area contributed by atoms with Gasteiger partial charge in [0, 0.05) is 37.8 Å². The third-order valence-corrected chi connectivity index (χ3v) is 6.02. The van der Waals surface area contributed by atoms with Crippen LogP contribution in [0.4, 0.5) is 11.4 Å². The molecular formula is C18H21N3O6S. The lowest BCUT2D eigenvalue weighted by atomic mass is 10.1. The number of hydrogen-bond donors (Lipinski definition) is 1. The Bertz CT molecular complexity index is 1020. The first-order chi connectivity index (χ1) is 13.1. The topological polar surface area (TPSA) is 119 Å². The number of nitro groups is 1. The monoisotopic (exact) mass is 407 g/mol. The highest BCUT2D eigenvalue weighted by molar-refractivity contribution is 7.89. The highest BCUT2D eigenvalue weighted by atomic mass is 32.2. The summed E-state index contributed by atoms with van der Waals surface area (Å²) >= 11 is 0. The van der Waals surface area contributed by atoms with Crippen molar-refractivity contribution in [1.29, 1.82) is 0 Å². The van der Waals surface area contributed by atoms with Gasteiger partial charge in [0.15, 0.2) is 5.78 Å². The molecule has 2 rings (SSSR count). The number of anilines is 1. The van der Waals surface area contributed by atoms with Crippen LogP contribution in [0.25, 0.3) is 0 Å². The average molecular weight is 407 g/mol. The summed E-state index contributed by atoms with van der Waals surface area (Å²) in [5, 5.41) is 13.9. The Morgan fingerprint density at radius 3 is 2.46 bits per heavy atom. The summed E-state index contributed by atoms with van der Waals surface area (Å²) in [5.41, 5.74) is 0.800. The lowest BCUT2D eigenvalue weighted by Crippen LogP contribution is -2.27. The molecule has 2 aromatic carbocycles. The van der Waals surface area contributed by atoms with Gasteiger partial charge in [-0.1, -0.05) is 0 Å². The molecule has 0 aliphatic heterocycles. The molecule has 0 heterocycles. The van der Waals surface area contributed by atoms with Crippen LogP contribution in [0.15, 0.2) is 41.3 Å². The zero-order chi connectivity index (χ0) is 21.1. The number of rotatable bonds is 8. The summed E-state index contributed by atoms with van der Waals surface area (Å²) < 4.78 is 32.1. The van der Waals surface area contributed by atoms with Gasteiger partial charge in [0.25, 0.3) is 5.69 Å². The first kappa shape index (κ1) is 21.3. The molecule has 0 aliphatic carbocycles. The SMILES string of the molecule is CNc1ccc(S(=O)(=O)N(C)Cc2cc(C(C)=O)ccc2OC)cc1[N+](=O)[O-]. The number of sulfonamides is 1. The fourth-order valence-electron chi connectivity index (χ4n) is 2.66. The number of nitrogens with zero attached hydrogens (tertiary/aromatic N) is 2. The van der Waals surface area contributed by atoms with Crippen molar-refractivity contribution in [3.63, 3.8) is 0 Å². The molecule has 0 radical (unpaired) electrons. The highest BCUT2D eigenvalue weighted by Gasteiger charge is 2.26. The fourth-order valence-corrected chi connectivity index (χ4v) is 3.83. The molecule has 150 valence electrons. The maximum Gasteiger partial charge on any atom is 0.293 e. The minimum Gasteiger partial charge on any atom is -0.496 e. The molecule has 0 atom stereocenters. The predicted octanol–water partition coefficient (Wildman–Crippen LogP) is 2.67. The van der Waals surface area contributed by atoms with E-state index in [1.807, 2.05) is 0 Å². The molecule has 0 fully saturated rings. The third kappa shape index (κ3) is 4.29. The van der Waals surface area contributed by atoms with Crippen molar-refractivity contribution in [2.45, 2.75) is 18.4 Å². The van der Waals surface area contributed by atoms with E-state index in [1.165, 1.54) is 40.3 Å². The quantitative estimate of drug-likeness (QED) is 0.406. The summed E-state index contributed by atoms with van der Waals surface area (Å²) in [5.74, 6) is 0.274. The second kappa shape index (κ2) is 8.36. The highest BCUT2D eigenvalue weighted by Crippen LogP contribution is 2.29. The fraction of sp³-hybridized carbons (Fsp3) is 0.278.